The topological polar surface area (TPSA) is 71.1 Å². The third-order valence-corrected chi connectivity index (χ3v) is 4.62. The minimum absolute atomic E-state index is 0.208. The molecule has 1 unspecified atom stereocenters. The van der Waals surface area contributed by atoms with E-state index < -0.39 is 19.2 Å². The van der Waals surface area contributed by atoms with Crippen molar-refractivity contribution in [3.05, 3.63) is 0 Å². The number of carbonyl (C=O) groups is 1. The van der Waals surface area contributed by atoms with Crippen molar-refractivity contribution in [1.82, 2.24) is 0 Å². The van der Waals surface area contributed by atoms with Crippen molar-refractivity contribution in [2.24, 2.45) is 0 Å². The van der Waals surface area contributed by atoms with Crippen LogP contribution in [0, 0.1) is 0 Å². The largest absolute Gasteiger partial charge is 0.465 e. The van der Waals surface area contributed by atoms with Gasteiger partial charge in [-0.1, -0.05) is 0 Å². The van der Waals surface area contributed by atoms with Gasteiger partial charge in [-0.05, 0) is 27.2 Å². The average Bonchev–Trinajstić information content (AvgIpc) is 2.30. The number of ether oxygens (including phenoxy) is 2. The van der Waals surface area contributed by atoms with Crippen molar-refractivity contribution < 1.29 is 27.9 Å². The maximum Gasteiger partial charge on any atom is 0.344 e. The molecular weight excluding hydrogens is 259 g/mol. The molecule has 0 aliphatic heterocycles. The number of carbonyl (C=O) groups excluding carboxylic acids is 1. The number of methoxy groups -OCH3 is 1. The summed E-state index contributed by atoms with van der Waals surface area (Å²) in [5.74, 6) is -0.570. The van der Waals surface area contributed by atoms with Gasteiger partial charge in [0.25, 0.3) is 0 Å². The molecule has 18 heavy (non-hydrogen) atoms. The normalized spacial score (nSPS) is 13.3. The van der Waals surface area contributed by atoms with Gasteiger partial charge in [-0.25, -0.2) is 0 Å². The Morgan fingerprint density at radius 3 is 2.06 bits per heavy atom. The van der Waals surface area contributed by atoms with Gasteiger partial charge in [0.1, 0.15) is 0 Å². The van der Waals surface area contributed by atoms with E-state index in [9.17, 15) is 9.36 Å². The van der Waals surface area contributed by atoms with E-state index in [0.29, 0.717) is 0 Å². The van der Waals surface area contributed by atoms with Crippen molar-refractivity contribution in [1.29, 1.82) is 0 Å². The molecule has 0 bridgehead atoms. The Bertz CT molecular complexity index is 271. The summed E-state index contributed by atoms with van der Waals surface area (Å²) in [4.78, 5) is 11.8. The third kappa shape index (κ3) is 5.48. The van der Waals surface area contributed by atoms with Gasteiger partial charge in [-0.15, -0.1) is 0 Å². The lowest BCUT2D eigenvalue weighted by atomic mass is 10.3. The Morgan fingerprint density at radius 2 is 1.67 bits per heavy atom. The molecule has 0 spiro atoms. The highest BCUT2D eigenvalue weighted by Crippen LogP contribution is 2.54. The van der Waals surface area contributed by atoms with E-state index in [-0.39, 0.29) is 32.8 Å². The van der Waals surface area contributed by atoms with Crippen LogP contribution in [0.3, 0.4) is 0 Å². The zero-order valence-corrected chi connectivity index (χ0v) is 12.4. The van der Waals surface area contributed by atoms with Crippen LogP contribution < -0.4 is 0 Å². The van der Waals surface area contributed by atoms with Gasteiger partial charge in [-0.3, -0.25) is 9.36 Å². The van der Waals surface area contributed by atoms with Crippen LogP contribution in [0.1, 0.15) is 27.2 Å². The Kier molecular flexibility index (Phi) is 9.28. The molecule has 0 saturated carbocycles. The summed E-state index contributed by atoms with van der Waals surface area (Å²) in [5, 5.41) is 0. The van der Waals surface area contributed by atoms with Gasteiger partial charge in [0.2, 0.25) is 0 Å². The average molecular weight is 282 g/mol. The fourth-order valence-electron chi connectivity index (χ4n) is 1.45. The first-order chi connectivity index (χ1) is 8.55. The van der Waals surface area contributed by atoms with Gasteiger partial charge in [0.05, 0.1) is 19.8 Å². The summed E-state index contributed by atoms with van der Waals surface area (Å²) in [5.41, 5.74) is -0.933. The highest BCUT2D eigenvalue weighted by atomic mass is 31.2. The molecule has 1 atom stereocenters. The molecule has 108 valence electrons. The van der Waals surface area contributed by atoms with Gasteiger partial charge in [0, 0.05) is 13.7 Å². The molecule has 0 aromatic carbocycles. The molecule has 0 aliphatic rings. The molecular formula is C11H23O6P. The lowest BCUT2D eigenvalue weighted by Crippen LogP contribution is -2.27. The van der Waals surface area contributed by atoms with Crippen molar-refractivity contribution in [3.63, 3.8) is 0 Å². The van der Waals surface area contributed by atoms with E-state index >= 15 is 0 Å². The van der Waals surface area contributed by atoms with Gasteiger partial charge < -0.3 is 18.5 Å². The predicted octanol–water partition coefficient (Wildman–Crippen LogP) is 2.22. The van der Waals surface area contributed by atoms with Crippen LogP contribution in [0.4, 0.5) is 0 Å². The molecule has 0 saturated heterocycles. The molecule has 0 aromatic rings. The van der Waals surface area contributed by atoms with E-state index in [1.807, 2.05) is 0 Å². The summed E-state index contributed by atoms with van der Waals surface area (Å²) >= 11 is 0. The monoisotopic (exact) mass is 282 g/mol. The quantitative estimate of drug-likeness (QED) is 0.452. The SMILES string of the molecule is CCOC(=O)C(CCOC)P(=O)(OCC)OCC. The van der Waals surface area contributed by atoms with Crippen LogP contribution in [-0.4, -0.2) is 45.2 Å². The zero-order valence-electron chi connectivity index (χ0n) is 11.5. The minimum atomic E-state index is -3.50. The Labute approximate surface area is 108 Å². The highest BCUT2D eigenvalue weighted by molar-refractivity contribution is 7.55. The van der Waals surface area contributed by atoms with Crippen LogP contribution in [0.2, 0.25) is 0 Å². The first-order valence-electron chi connectivity index (χ1n) is 6.10. The number of hydrogen-bond acceptors (Lipinski definition) is 6. The van der Waals surface area contributed by atoms with E-state index in [1.165, 1.54) is 7.11 Å². The smallest absolute Gasteiger partial charge is 0.344 e. The van der Waals surface area contributed by atoms with Gasteiger partial charge in [0.15, 0.2) is 5.66 Å². The summed E-state index contributed by atoms with van der Waals surface area (Å²) in [6.45, 7) is 6.01. The number of rotatable bonds is 10. The maximum atomic E-state index is 12.5. The van der Waals surface area contributed by atoms with E-state index in [0.717, 1.165) is 0 Å². The maximum absolute atomic E-state index is 12.5. The van der Waals surface area contributed by atoms with Crippen molar-refractivity contribution in [2.45, 2.75) is 32.9 Å². The molecule has 0 fully saturated rings. The second-order valence-electron chi connectivity index (χ2n) is 3.42. The summed E-state index contributed by atoms with van der Waals surface area (Å²) in [6, 6.07) is 0. The predicted molar refractivity (Wildman–Crippen MR) is 67.8 cm³/mol. The Morgan fingerprint density at radius 1 is 1.11 bits per heavy atom. The van der Waals surface area contributed by atoms with Gasteiger partial charge >= 0.3 is 13.6 Å². The Hall–Kier alpha value is -0.420. The molecule has 0 rings (SSSR count). The second kappa shape index (κ2) is 9.50. The molecule has 0 N–H and O–H groups in total. The minimum Gasteiger partial charge on any atom is -0.465 e. The van der Waals surface area contributed by atoms with Crippen LogP contribution in [0.15, 0.2) is 0 Å². The van der Waals surface area contributed by atoms with Crippen LogP contribution in [-0.2, 0) is 27.9 Å². The third-order valence-electron chi connectivity index (χ3n) is 2.15. The summed E-state index contributed by atoms with van der Waals surface area (Å²) < 4.78 is 32.7. The number of hydrogen-bond donors (Lipinski definition) is 0. The lowest BCUT2D eigenvalue weighted by molar-refractivity contribution is -0.143. The molecule has 6 nitrogen and oxygen atoms in total. The van der Waals surface area contributed by atoms with Crippen LogP contribution >= 0.6 is 7.60 Å². The highest BCUT2D eigenvalue weighted by Gasteiger charge is 2.41. The lowest BCUT2D eigenvalue weighted by Gasteiger charge is -2.24. The number of esters is 1. The molecule has 0 aromatic heterocycles. The van der Waals surface area contributed by atoms with E-state index in [1.54, 1.807) is 20.8 Å². The standard InChI is InChI=1S/C11H23O6P/c1-5-15-11(12)10(8-9-14-4)18(13,16-6-2)17-7-3/h10H,5-9H2,1-4H3. The molecule has 0 radical (unpaired) electrons. The summed E-state index contributed by atoms with van der Waals surface area (Å²) in [6.07, 6.45) is 0.243. The molecule has 0 heterocycles. The fraction of sp³-hybridized carbons (Fsp3) is 0.909. The molecule has 0 aliphatic carbocycles. The molecule has 0 amide bonds. The van der Waals surface area contributed by atoms with Crippen molar-refractivity contribution in [2.75, 3.05) is 33.5 Å². The van der Waals surface area contributed by atoms with Crippen LogP contribution in [0.25, 0.3) is 0 Å². The first kappa shape index (κ1) is 17.6. The fourth-order valence-corrected chi connectivity index (χ4v) is 3.36. The first-order valence-corrected chi connectivity index (χ1v) is 7.71. The summed E-state index contributed by atoms with van der Waals surface area (Å²) in [7, 11) is -1.99. The Balaban J connectivity index is 4.96. The van der Waals surface area contributed by atoms with Crippen LogP contribution in [0.5, 0.6) is 0 Å². The molecule has 7 heteroatoms. The van der Waals surface area contributed by atoms with Crippen molar-refractivity contribution >= 4 is 13.6 Å². The van der Waals surface area contributed by atoms with E-state index in [4.69, 9.17) is 18.5 Å². The van der Waals surface area contributed by atoms with Crippen molar-refractivity contribution in [3.8, 4) is 0 Å². The second-order valence-corrected chi connectivity index (χ2v) is 5.64. The zero-order chi connectivity index (χ0) is 14.0. The van der Waals surface area contributed by atoms with Gasteiger partial charge in [-0.2, -0.15) is 0 Å². The van der Waals surface area contributed by atoms with E-state index in [2.05, 4.69) is 0 Å².